The lowest BCUT2D eigenvalue weighted by atomic mass is 10.3. The first-order valence-electron chi connectivity index (χ1n) is 5.28. The van der Waals surface area contributed by atoms with Gasteiger partial charge in [0.15, 0.2) is 0 Å². The Labute approximate surface area is 99.8 Å². The molecule has 0 spiro atoms. The summed E-state index contributed by atoms with van der Waals surface area (Å²) >= 11 is 0. The van der Waals surface area contributed by atoms with Crippen molar-refractivity contribution in [3.8, 4) is 0 Å². The second-order valence-electron chi connectivity index (χ2n) is 2.86. The number of amides is 1. The molecule has 0 unspecified atom stereocenters. The van der Waals surface area contributed by atoms with Gasteiger partial charge in [0.1, 0.15) is 6.61 Å². The lowest BCUT2D eigenvalue weighted by Gasteiger charge is -2.06. The highest BCUT2D eigenvalue weighted by Crippen LogP contribution is 1.86. The number of hydroxylamine groups is 1. The fraction of sp³-hybridized carbons (Fsp3) is 0.889. The van der Waals surface area contributed by atoms with Gasteiger partial charge in [-0.15, -0.1) is 0 Å². The third-order valence-electron chi connectivity index (χ3n) is 1.45. The van der Waals surface area contributed by atoms with Crippen LogP contribution < -0.4 is 5.48 Å². The fourth-order valence-electron chi connectivity index (χ4n) is 0.787. The summed E-state index contributed by atoms with van der Waals surface area (Å²) in [6, 6.07) is 0. The van der Waals surface area contributed by atoms with E-state index in [2.05, 4.69) is 25.3 Å². The van der Waals surface area contributed by atoms with Gasteiger partial charge in [-0.05, 0) is 16.5 Å². The molecule has 0 radical (unpaired) electrons. The van der Waals surface area contributed by atoms with E-state index in [4.69, 9.17) is 9.57 Å². The topological polar surface area (TPSA) is 84.5 Å². The summed E-state index contributed by atoms with van der Waals surface area (Å²) < 4.78 is 5.08. The second kappa shape index (κ2) is 13.3. The summed E-state index contributed by atoms with van der Waals surface area (Å²) in [6.07, 6.45) is 1.23. The molecule has 0 saturated heterocycles. The Bertz CT molecular complexity index is 179. The van der Waals surface area contributed by atoms with E-state index >= 15 is 0 Å². The van der Waals surface area contributed by atoms with Gasteiger partial charge in [-0.1, -0.05) is 6.92 Å². The molecule has 17 heavy (non-hydrogen) atoms. The van der Waals surface area contributed by atoms with E-state index in [1.165, 1.54) is 7.11 Å². The van der Waals surface area contributed by atoms with Crippen molar-refractivity contribution in [1.82, 2.24) is 5.48 Å². The molecule has 1 amide bonds. The smallest absolute Gasteiger partial charge is 0.243 e. The SMILES string of the molecule is CCCC(=O)NOCCOCCOOOOC. The lowest BCUT2D eigenvalue weighted by molar-refractivity contribution is -0.629. The maximum atomic E-state index is 10.9. The van der Waals surface area contributed by atoms with Crippen molar-refractivity contribution in [3.05, 3.63) is 0 Å². The molecule has 0 heterocycles. The average Bonchev–Trinajstić information content (AvgIpc) is 2.32. The van der Waals surface area contributed by atoms with E-state index in [0.29, 0.717) is 19.6 Å². The highest BCUT2D eigenvalue weighted by Gasteiger charge is 1.98. The predicted octanol–water partition coefficient (Wildman–Crippen LogP) is 0.292. The second-order valence-corrected chi connectivity index (χ2v) is 2.86. The molecule has 0 aromatic heterocycles. The quantitative estimate of drug-likeness (QED) is 0.304. The van der Waals surface area contributed by atoms with Gasteiger partial charge in [-0.3, -0.25) is 9.63 Å². The van der Waals surface area contributed by atoms with Crippen LogP contribution in [0.25, 0.3) is 0 Å². The van der Waals surface area contributed by atoms with Gasteiger partial charge in [0, 0.05) is 6.42 Å². The van der Waals surface area contributed by atoms with Crippen LogP contribution in [0.5, 0.6) is 0 Å². The van der Waals surface area contributed by atoms with Crippen molar-refractivity contribution in [2.45, 2.75) is 19.8 Å². The third-order valence-corrected chi connectivity index (χ3v) is 1.45. The molecule has 102 valence electrons. The Morgan fingerprint density at radius 1 is 1.12 bits per heavy atom. The molecule has 0 aromatic carbocycles. The predicted molar refractivity (Wildman–Crippen MR) is 55.0 cm³/mol. The number of hydrogen-bond donors (Lipinski definition) is 1. The molecule has 0 aliphatic heterocycles. The van der Waals surface area contributed by atoms with E-state index in [1.54, 1.807) is 0 Å². The van der Waals surface area contributed by atoms with E-state index in [1.807, 2.05) is 6.92 Å². The average molecular weight is 253 g/mol. The van der Waals surface area contributed by atoms with Crippen LogP contribution in [0.1, 0.15) is 19.8 Å². The van der Waals surface area contributed by atoms with Crippen LogP contribution in [0.15, 0.2) is 0 Å². The van der Waals surface area contributed by atoms with Crippen molar-refractivity contribution in [3.63, 3.8) is 0 Å². The van der Waals surface area contributed by atoms with Crippen LogP contribution in [-0.2, 0) is 34.2 Å². The van der Waals surface area contributed by atoms with Crippen molar-refractivity contribution in [2.75, 3.05) is 33.5 Å². The summed E-state index contributed by atoms with van der Waals surface area (Å²) in [5, 5.41) is 8.06. The van der Waals surface area contributed by atoms with Crippen LogP contribution in [0, 0.1) is 0 Å². The molecule has 8 heteroatoms. The van der Waals surface area contributed by atoms with Gasteiger partial charge in [-0.2, -0.15) is 0 Å². The summed E-state index contributed by atoms with van der Waals surface area (Å²) in [5.41, 5.74) is 2.29. The molecule has 0 fully saturated rings. The molecule has 0 rings (SSSR count). The first-order valence-corrected chi connectivity index (χ1v) is 5.28. The Morgan fingerprint density at radius 3 is 2.59 bits per heavy atom. The van der Waals surface area contributed by atoms with Crippen molar-refractivity contribution in [2.24, 2.45) is 0 Å². The van der Waals surface area contributed by atoms with Crippen LogP contribution in [-0.4, -0.2) is 39.4 Å². The molecular formula is C9H19NO7. The standard InChI is InChI=1S/C9H19NO7/c1-3-4-9(11)10-14-7-5-13-6-8-15-17-16-12-2/h3-8H2,1-2H3,(H,10,11). The minimum absolute atomic E-state index is 0.138. The van der Waals surface area contributed by atoms with E-state index in [-0.39, 0.29) is 19.1 Å². The van der Waals surface area contributed by atoms with Gasteiger partial charge in [-0.25, -0.2) is 15.3 Å². The number of nitrogens with one attached hydrogen (secondary N) is 1. The van der Waals surface area contributed by atoms with Crippen LogP contribution >= 0.6 is 0 Å². The Morgan fingerprint density at radius 2 is 1.88 bits per heavy atom. The lowest BCUT2D eigenvalue weighted by Crippen LogP contribution is -2.25. The highest BCUT2D eigenvalue weighted by atomic mass is 17.7. The monoisotopic (exact) mass is 253 g/mol. The number of hydrogen-bond acceptors (Lipinski definition) is 7. The summed E-state index contributed by atoms with van der Waals surface area (Å²) in [7, 11) is 1.28. The first kappa shape index (κ1) is 16.2. The maximum absolute atomic E-state index is 10.9. The zero-order chi connectivity index (χ0) is 12.8. The van der Waals surface area contributed by atoms with E-state index < -0.39 is 0 Å². The number of rotatable bonds is 12. The van der Waals surface area contributed by atoms with Crippen molar-refractivity contribution in [1.29, 1.82) is 0 Å². The first-order chi connectivity index (χ1) is 8.31. The molecule has 0 saturated carbocycles. The summed E-state index contributed by atoms with van der Waals surface area (Å²) in [6.45, 7) is 3.01. The highest BCUT2D eigenvalue weighted by molar-refractivity contribution is 5.74. The molecule has 0 atom stereocenters. The van der Waals surface area contributed by atoms with Gasteiger partial charge >= 0.3 is 0 Å². The normalized spacial score (nSPS) is 10.5. The molecule has 0 aromatic rings. The zero-order valence-corrected chi connectivity index (χ0v) is 10.1. The van der Waals surface area contributed by atoms with E-state index in [9.17, 15) is 4.79 Å². The largest absolute Gasteiger partial charge is 0.376 e. The summed E-state index contributed by atoms with van der Waals surface area (Å²) in [5.74, 6) is -0.138. The van der Waals surface area contributed by atoms with Crippen LogP contribution in [0.3, 0.4) is 0 Å². The van der Waals surface area contributed by atoms with Gasteiger partial charge in [0.25, 0.3) is 0 Å². The van der Waals surface area contributed by atoms with Crippen LogP contribution in [0.4, 0.5) is 0 Å². The molecule has 0 aliphatic rings. The minimum Gasteiger partial charge on any atom is -0.376 e. The maximum Gasteiger partial charge on any atom is 0.243 e. The Hall–Kier alpha value is -0.770. The van der Waals surface area contributed by atoms with Crippen LogP contribution in [0.2, 0.25) is 0 Å². The number of carbonyl (C=O) groups excluding carboxylic acids is 1. The Kier molecular flexibility index (Phi) is 12.7. The molecular weight excluding hydrogens is 234 g/mol. The van der Waals surface area contributed by atoms with Crippen molar-refractivity contribution >= 4 is 5.91 Å². The minimum atomic E-state index is -0.138. The molecule has 1 N–H and O–H groups in total. The third kappa shape index (κ3) is 13.2. The number of carbonyl (C=O) groups is 1. The van der Waals surface area contributed by atoms with Gasteiger partial charge < -0.3 is 4.74 Å². The van der Waals surface area contributed by atoms with E-state index in [0.717, 1.165) is 6.42 Å². The van der Waals surface area contributed by atoms with Crippen molar-refractivity contribution < 1.29 is 34.2 Å². The molecule has 8 nitrogen and oxygen atoms in total. The fourth-order valence-corrected chi connectivity index (χ4v) is 0.787. The number of ether oxygens (including phenoxy) is 1. The molecule has 0 aliphatic carbocycles. The molecule has 0 bridgehead atoms. The zero-order valence-electron chi connectivity index (χ0n) is 10.1. The summed E-state index contributed by atoms with van der Waals surface area (Å²) in [4.78, 5) is 24.4. The van der Waals surface area contributed by atoms with Gasteiger partial charge in [0.05, 0.1) is 26.9 Å². The van der Waals surface area contributed by atoms with Gasteiger partial charge in [0.2, 0.25) is 5.91 Å². The Balaban J connectivity index is 3.01.